The predicted octanol–water partition coefficient (Wildman–Crippen LogP) is 3.06. The predicted molar refractivity (Wildman–Crippen MR) is 59.9 cm³/mol. The van der Waals surface area contributed by atoms with Gasteiger partial charge in [-0.1, -0.05) is 27.6 Å². The quantitative estimate of drug-likeness (QED) is 0.533. The second-order valence-corrected chi connectivity index (χ2v) is 4.67. The highest BCUT2D eigenvalue weighted by Gasteiger charge is 2.20. The van der Waals surface area contributed by atoms with Crippen LogP contribution in [0.25, 0.3) is 0 Å². The lowest BCUT2D eigenvalue weighted by molar-refractivity contribution is 0.202. The maximum absolute atomic E-state index is 3.52. The molecule has 0 fully saturated rings. The topological polar surface area (TPSA) is 3.24 Å². The van der Waals surface area contributed by atoms with E-state index in [-0.39, 0.29) is 5.54 Å². The van der Waals surface area contributed by atoms with E-state index in [1.165, 1.54) is 5.57 Å². The van der Waals surface area contributed by atoms with Crippen LogP contribution in [0.15, 0.2) is 11.6 Å². The molecule has 0 heterocycles. The Morgan fingerprint density at radius 3 is 2.25 bits per heavy atom. The number of halogens is 1. The van der Waals surface area contributed by atoms with E-state index >= 15 is 0 Å². The lowest BCUT2D eigenvalue weighted by Gasteiger charge is -2.33. The number of allylic oxidation sites excluding steroid dienone is 1. The molecule has 0 unspecified atom stereocenters. The fraction of sp³-hybridized carbons (Fsp3) is 0.800. The summed E-state index contributed by atoms with van der Waals surface area (Å²) in [7, 11) is 2.15. The second kappa shape index (κ2) is 5.03. The fourth-order valence-corrected chi connectivity index (χ4v) is 1.10. The summed E-state index contributed by atoms with van der Waals surface area (Å²) < 4.78 is 0. The van der Waals surface area contributed by atoms with Gasteiger partial charge in [-0.2, -0.15) is 0 Å². The third-order valence-corrected chi connectivity index (χ3v) is 3.51. The van der Waals surface area contributed by atoms with Gasteiger partial charge in [-0.25, -0.2) is 0 Å². The Bertz CT molecular complexity index is 157. The van der Waals surface area contributed by atoms with Crippen LogP contribution in [-0.2, 0) is 0 Å². The minimum Gasteiger partial charge on any atom is -0.297 e. The van der Waals surface area contributed by atoms with Gasteiger partial charge in [-0.05, 0) is 34.7 Å². The minimum atomic E-state index is 0.242. The summed E-state index contributed by atoms with van der Waals surface area (Å²) in [4.78, 5) is 2.34. The molecule has 0 aliphatic heterocycles. The van der Waals surface area contributed by atoms with E-state index in [1.807, 2.05) is 0 Å². The third-order valence-electron chi connectivity index (χ3n) is 2.13. The average molecular weight is 234 g/mol. The van der Waals surface area contributed by atoms with Crippen molar-refractivity contribution in [3.63, 3.8) is 0 Å². The summed E-state index contributed by atoms with van der Waals surface area (Å²) >= 11 is 3.52. The van der Waals surface area contributed by atoms with Gasteiger partial charge in [0.1, 0.15) is 0 Å². The van der Waals surface area contributed by atoms with Crippen LogP contribution in [0.2, 0.25) is 0 Å². The first-order chi connectivity index (χ1) is 5.40. The highest BCUT2D eigenvalue weighted by atomic mass is 79.9. The first-order valence-corrected chi connectivity index (χ1v) is 5.43. The molecule has 0 saturated carbocycles. The molecular weight excluding hydrogens is 214 g/mol. The SMILES string of the molecule is CC(C)=CCN(C)C(C)(C)CBr. The van der Waals surface area contributed by atoms with Gasteiger partial charge in [0.05, 0.1) is 0 Å². The molecule has 0 radical (unpaired) electrons. The van der Waals surface area contributed by atoms with E-state index in [4.69, 9.17) is 0 Å². The second-order valence-electron chi connectivity index (χ2n) is 4.11. The van der Waals surface area contributed by atoms with Gasteiger partial charge in [-0.15, -0.1) is 0 Å². The van der Waals surface area contributed by atoms with Crippen LogP contribution in [0.1, 0.15) is 27.7 Å². The van der Waals surface area contributed by atoms with Crippen LogP contribution in [0.3, 0.4) is 0 Å². The van der Waals surface area contributed by atoms with Crippen molar-refractivity contribution in [3.05, 3.63) is 11.6 Å². The van der Waals surface area contributed by atoms with E-state index < -0.39 is 0 Å². The van der Waals surface area contributed by atoms with Crippen molar-refractivity contribution in [1.29, 1.82) is 0 Å². The van der Waals surface area contributed by atoms with Crippen LogP contribution in [-0.4, -0.2) is 29.4 Å². The van der Waals surface area contributed by atoms with E-state index in [9.17, 15) is 0 Å². The zero-order valence-corrected chi connectivity index (χ0v) is 10.4. The molecule has 1 nitrogen and oxygen atoms in total. The number of likely N-dealkylation sites (N-methyl/N-ethyl adjacent to an activating group) is 1. The molecule has 0 N–H and O–H groups in total. The van der Waals surface area contributed by atoms with Gasteiger partial charge in [-0.3, -0.25) is 4.90 Å². The van der Waals surface area contributed by atoms with Crippen molar-refractivity contribution in [1.82, 2.24) is 4.90 Å². The molecule has 0 spiro atoms. The molecule has 0 bridgehead atoms. The minimum absolute atomic E-state index is 0.242. The third kappa shape index (κ3) is 4.27. The number of hydrogen-bond acceptors (Lipinski definition) is 1. The van der Waals surface area contributed by atoms with Crippen molar-refractivity contribution in [2.24, 2.45) is 0 Å². The van der Waals surface area contributed by atoms with E-state index in [0.717, 1.165) is 11.9 Å². The van der Waals surface area contributed by atoms with Crippen LogP contribution in [0, 0.1) is 0 Å². The summed E-state index contributed by atoms with van der Waals surface area (Å²) in [5.41, 5.74) is 1.62. The Kier molecular flexibility index (Phi) is 5.10. The summed E-state index contributed by atoms with van der Waals surface area (Å²) in [6.45, 7) is 9.77. The standard InChI is InChI=1S/C10H20BrN/c1-9(2)6-7-12(5)10(3,4)8-11/h6H,7-8H2,1-5H3. The van der Waals surface area contributed by atoms with Crippen molar-refractivity contribution in [3.8, 4) is 0 Å². The molecule has 72 valence electrons. The van der Waals surface area contributed by atoms with Crippen LogP contribution in [0.5, 0.6) is 0 Å². The Balaban J connectivity index is 4.03. The number of hydrogen-bond donors (Lipinski definition) is 0. The normalized spacial score (nSPS) is 11.9. The molecule has 0 aliphatic carbocycles. The van der Waals surface area contributed by atoms with Crippen LogP contribution < -0.4 is 0 Å². The van der Waals surface area contributed by atoms with Crippen LogP contribution in [0.4, 0.5) is 0 Å². The maximum atomic E-state index is 3.52. The summed E-state index contributed by atoms with van der Waals surface area (Å²) in [6.07, 6.45) is 2.25. The molecule has 0 aromatic rings. The first-order valence-electron chi connectivity index (χ1n) is 4.30. The van der Waals surface area contributed by atoms with Gasteiger partial charge in [0.15, 0.2) is 0 Å². The summed E-state index contributed by atoms with van der Waals surface area (Å²) in [5, 5.41) is 1.01. The van der Waals surface area contributed by atoms with Gasteiger partial charge < -0.3 is 0 Å². The Morgan fingerprint density at radius 1 is 1.42 bits per heavy atom. The zero-order chi connectivity index (χ0) is 9.78. The van der Waals surface area contributed by atoms with E-state index in [1.54, 1.807) is 0 Å². The smallest absolute Gasteiger partial charge is 0.0250 e. The molecule has 0 aromatic heterocycles. The molecule has 2 heteroatoms. The largest absolute Gasteiger partial charge is 0.297 e. The van der Waals surface area contributed by atoms with Gasteiger partial charge in [0.2, 0.25) is 0 Å². The maximum Gasteiger partial charge on any atom is 0.0250 e. The number of nitrogens with zero attached hydrogens (tertiary/aromatic N) is 1. The van der Waals surface area contributed by atoms with Crippen molar-refractivity contribution < 1.29 is 0 Å². The monoisotopic (exact) mass is 233 g/mol. The van der Waals surface area contributed by atoms with Gasteiger partial charge in [0.25, 0.3) is 0 Å². The van der Waals surface area contributed by atoms with Gasteiger partial charge >= 0.3 is 0 Å². The Hall–Kier alpha value is 0.180. The van der Waals surface area contributed by atoms with Crippen LogP contribution >= 0.6 is 15.9 Å². The highest BCUT2D eigenvalue weighted by Crippen LogP contribution is 2.14. The molecule has 0 amide bonds. The molecule has 0 atom stereocenters. The lowest BCUT2D eigenvalue weighted by atomic mass is 10.1. The molecular formula is C10H20BrN. The summed E-state index contributed by atoms with van der Waals surface area (Å²) in [5.74, 6) is 0. The summed E-state index contributed by atoms with van der Waals surface area (Å²) in [6, 6.07) is 0. The van der Waals surface area contributed by atoms with E-state index in [2.05, 4.69) is 61.6 Å². The highest BCUT2D eigenvalue weighted by molar-refractivity contribution is 9.09. The number of alkyl halides is 1. The molecule has 12 heavy (non-hydrogen) atoms. The lowest BCUT2D eigenvalue weighted by Crippen LogP contribution is -2.42. The average Bonchev–Trinajstić information content (AvgIpc) is 2.00. The van der Waals surface area contributed by atoms with Crippen molar-refractivity contribution in [2.75, 3.05) is 18.9 Å². The van der Waals surface area contributed by atoms with Crippen molar-refractivity contribution in [2.45, 2.75) is 33.2 Å². The molecule has 0 aliphatic rings. The molecule has 0 saturated heterocycles. The first kappa shape index (κ1) is 12.2. The molecule has 0 aromatic carbocycles. The van der Waals surface area contributed by atoms with E-state index in [0.29, 0.717) is 0 Å². The zero-order valence-electron chi connectivity index (χ0n) is 8.82. The number of rotatable bonds is 4. The fourth-order valence-electron chi connectivity index (χ4n) is 0.669. The molecule has 0 rings (SSSR count). The Morgan fingerprint density at radius 2 is 1.92 bits per heavy atom. The van der Waals surface area contributed by atoms with Crippen molar-refractivity contribution >= 4 is 15.9 Å². The Labute approximate surface area is 85.0 Å². The van der Waals surface area contributed by atoms with Gasteiger partial charge in [0, 0.05) is 17.4 Å².